The Labute approximate surface area is 139 Å². The van der Waals surface area contributed by atoms with E-state index in [-0.39, 0.29) is 10.8 Å². The van der Waals surface area contributed by atoms with Crippen LogP contribution in [0.5, 0.6) is 0 Å². The Kier molecular flexibility index (Phi) is 4.52. The lowest BCUT2D eigenvalue weighted by atomic mass is 9.99. The topological polar surface area (TPSA) is 80.5 Å². The molecule has 1 aromatic carbocycles. The maximum absolute atomic E-state index is 12.4. The van der Waals surface area contributed by atoms with E-state index in [9.17, 15) is 13.2 Å². The molecule has 0 saturated carbocycles. The summed E-state index contributed by atoms with van der Waals surface area (Å²) in [6, 6.07) is 8.92. The highest BCUT2D eigenvalue weighted by molar-refractivity contribution is 7.89. The van der Waals surface area contributed by atoms with Crippen molar-refractivity contribution in [2.75, 3.05) is 6.54 Å². The van der Waals surface area contributed by atoms with Crippen molar-refractivity contribution in [1.29, 1.82) is 0 Å². The van der Waals surface area contributed by atoms with Crippen molar-refractivity contribution in [1.82, 2.24) is 4.90 Å². The first kappa shape index (κ1) is 16.2. The molecule has 0 unspecified atom stereocenters. The van der Waals surface area contributed by atoms with E-state index in [1.165, 1.54) is 10.9 Å². The number of fused-ring (bicyclic) bond motifs is 1. The maximum atomic E-state index is 12.4. The summed E-state index contributed by atoms with van der Waals surface area (Å²) in [5.41, 5.74) is 1.95. The summed E-state index contributed by atoms with van der Waals surface area (Å²) in [6.45, 7) is 1.12. The van der Waals surface area contributed by atoms with Crippen LogP contribution in [0.15, 0.2) is 40.6 Å². The molecule has 1 aliphatic heterocycles. The molecule has 3 rings (SSSR count). The highest BCUT2D eigenvalue weighted by atomic mass is 32.2. The number of hydrogen-bond acceptors (Lipinski definition) is 4. The van der Waals surface area contributed by atoms with E-state index in [4.69, 9.17) is 5.14 Å². The zero-order valence-corrected chi connectivity index (χ0v) is 14.2. The van der Waals surface area contributed by atoms with Crippen molar-refractivity contribution >= 4 is 27.3 Å². The molecule has 1 aliphatic rings. The molecule has 0 radical (unpaired) electrons. The molecule has 23 heavy (non-hydrogen) atoms. The SMILES string of the molecule is NS(=O)(=O)c1ccc2c(c1)CN(C(=O)CCc1cccs1)CC2. The van der Waals surface area contributed by atoms with Crippen LogP contribution in [0, 0.1) is 0 Å². The first-order valence-corrected chi connectivity index (χ1v) is 9.81. The normalized spacial score (nSPS) is 14.6. The Morgan fingerprint density at radius 2 is 2.09 bits per heavy atom. The molecule has 0 spiro atoms. The van der Waals surface area contributed by atoms with Crippen molar-refractivity contribution in [3.8, 4) is 0 Å². The second-order valence-electron chi connectivity index (χ2n) is 5.62. The molecule has 1 amide bonds. The Hall–Kier alpha value is -1.70. The number of primary sulfonamides is 1. The Bertz CT molecular complexity index is 814. The van der Waals surface area contributed by atoms with Crippen molar-refractivity contribution in [3.05, 3.63) is 51.7 Å². The third kappa shape index (κ3) is 3.80. The number of nitrogens with two attached hydrogens (primary N) is 1. The summed E-state index contributed by atoms with van der Waals surface area (Å²) in [7, 11) is -3.72. The molecular formula is C16H18N2O3S2. The van der Waals surface area contributed by atoms with Gasteiger partial charge in [-0.15, -0.1) is 11.3 Å². The van der Waals surface area contributed by atoms with Gasteiger partial charge < -0.3 is 4.90 Å². The third-order valence-electron chi connectivity index (χ3n) is 4.04. The predicted octanol–water partition coefficient (Wildman–Crippen LogP) is 1.91. The average molecular weight is 350 g/mol. The average Bonchev–Trinajstić information content (AvgIpc) is 3.04. The number of amides is 1. The van der Waals surface area contributed by atoms with Crippen LogP contribution >= 0.6 is 11.3 Å². The van der Waals surface area contributed by atoms with E-state index in [1.807, 2.05) is 17.5 Å². The number of carbonyl (C=O) groups excluding carboxylic acids is 1. The molecule has 0 atom stereocenters. The fraction of sp³-hybridized carbons (Fsp3) is 0.312. The minimum Gasteiger partial charge on any atom is -0.338 e. The van der Waals surface area contributed by atoms with Gasteiger partial charge in [0, 0.05) is 24.4 Å². The fourth-order valence-corrected chi connectivity index (χ4v) is 4.04. The summed E-state index contributed by atoms with van der Waals surface area (Å²) in [6.07, 6.45) is 1.97. The van der Waals surface area contributed by atoms with Crippen molar-refractivity contribution < 1.29 is 13.2 Å². The number of aryl methyl sites for hydroxylation is 1. The van der Waals surface area contributed by atoms with Gasteiger partial charge in [-0.1, -0.05) is 12.1 Å². The number of rotatable bonds is 4. The molecular weight excluding hydrogens is 332 g/mol. The van der Waals surface area contributed by atoms with Gasteiger partial charge >= 0.3 is 0 Å². The van der Waals surface area contributed by atoms with Gasteiger partial charge in [-0.25, -0.2) is 13.6 Å². The minimum atomic E-state index is -3.72. The van der Waals surface area contributed by atoms with Crippen LogP contribution in [0.25, 0.3) is 0 Å². The number of carbonyl (C=O) groups is 1. The smallest absolute Gasteiger partial charge is 0.238 e. The molecule has 0 aliphatic carbocycles. The van der Waals surface area contributed by atoms with E-state index >= 15 is 0 Å². The standard InChI is InChI=1S/C16H18N2O3S2/c17-23(20,21)15-5-3-12-7-8-18(11-13(12)10-15)16(19)6-4-14-2-1-9-22-14/h1-3,5,9-10H,4,6-8,11H2,(H2,17,20,21). The lowest BCUT2D eigenvalue weighted by molar-refractivity contribution is -0.132. The molecule has 2 heterocycles. The van der Waals surface area contributed by atoms with Crippen molar-refractivity contribution in [3.63, 3.8) is 0 Å². The van der Waals surface area contributed by atoms with Crippen molar-refractivity contribution in [2.45, 2.75) is 30.7 Å². The predicted molar refractivity (Wildman–Crippen MR) is 89.6 cm³/mol. The first-order chi connectivity index (χ1) is 10.9. The van der Waals surface area contributed by atoms with Crippen LogP contribution in [0.3, 0.4) is 0 Å². The number of hydrogen-bond donors (Lipinski definition) is 1. The molecule has 7 heteroatoms. The summed E-state index contributed by atoms with van der Waals surface area (Å²) in [5, 5.41) is 7.18. The Morgan fingerprint density at radius 3 is 2.78 bits per heavy atom. The lowest BCUT2D eigenvalue weighted by Gasteiger charge is -2.29. The summed E-state index contributed by atoms with van der Waals surface area (Å²) < 4.78 is 22.9. The number of nitrogens with zero attached hydrogens (tertiary/aromatic N) is 1. The molecule has 2 N–H and O–H groups in total. The maximum Gasteiger partial charge on any atom is 0.238 e. The van der Waals surface area contributed by atoms with Crippen LogP contribution < -0.4 is 5.14 Å². The Morgan fingerprint density at radius 1 is 1.26 bits per heavy atom. The van der Waals surface area contributed by atoms with Crippen LogP contribution in [0.4, 0.5) is 0 Å². The van der Waals surface area contributed by atoms with Crippen molar-refractivity contribution in [2.24, 2.45) is 5.14 Å². The monoisotopic (exact) mass is 350 g/mol. The largest absolute Gasteiger partial charge is 0.338 e. The van der Waals surface area contributed by atoms with Gasteiger partial charge in [0.1, 0.15) is 0 Å². The van der Waals surface area contributed by atoms with Crippen LogP contribution in [0.1, 0.15) is 22.4 Å². The lowest BCUT2D eigenvalue weighted by Crippen LogP contribution is -2.36. The fourth-order valence-electron chi connectivity index (χ4n) is 2.77. The van der Waals surface area contributed by atoms with Gasteiger partial charge in [-0.05, 0) is 47.5 Å². The summed E-state index contributed by atoms with van der Waals surface area (Å²) in [5.74, 6) is 0.102. The van der Waals surface area contributed by atoms with Gasteiger partial charge in [0.2, 0.25) is 15.9 Å². The van der Waals surface area contributed by atoms with E-state index in [2.05, 4.69) is 0 Å². The molecule has 122 valence electrons. The second kappa shape index (κ2) is 6.43. The zero-order valence-electron chi connectivity index (χ0n) is 12.6. The molecule has 2 aromatic rings. The van der Waals surface area contributed by atoms with Gasteiger partial charge in [-0.2, -0.15) is 0 Å². The van der Waals surface area contributed by atoms with E-state index in [0.29, 0.717) is 19.5 Å². The molecule has 0 saturated heterocycles. The quantitative estimate of drug-likeness (QED) is 0.915. The van der Waals surface area contributed by atoms with E-state index in [0.717, 1.165) is 24.0 Å². The van der Waals surface area contributed by atoms with Gasteiger partial charge in [0.15, 0.2) is 0 Å². The van der Waals surface area contributed by atoms with Gasteiger partial charge in [-0.3, -0.25) is 4.79 Å². The zero-order chi connectivity index (χ0) is 16.4. The summed E-state index contributed by atoms with van der Waals surface area (Å²) in [4.78, 5) is 15.5. The third-order valence-corrected chi connectivity index (χ3v) is 5.88. The highest BCUT2D eigenvalue weighted by Gasteiger charge is 2.22. The van der Waals surface area contributed by atoms with Crippen LogP contribution in [0.2, 0.25) is 0 Å². The van der Waals surface area contributed by atoms with Crippen LogP contribution in [-0.2, 0) is 34.2 Å². The molecule has 0 fully saturated rings. The van der Waals surface area contributed by atoms with Gasteiger partial charge in [0.05, 0.1) is 4.90 Å². The molecule has 1 aromatic heterocycles. The highest BCUT2D eigenvalue weighted by Crippen LogP contribution is 2.23. The first-order valence-electron chi connectivity index (χ1n) is 7.38. The summed E-state index contributed by atoms with van der Waals surface area (Å²) >= 11 is 1.65. The number of sulfonamides is 1. The second-order valence-corrected chi connectivity index (χ2v) is 8.21. The number of benzene rings is 1. The van der Waals surface area contributed by atoms with E-state index < -0.39 is 10.0 Å². The van der Waals surface area contributed by atoms with E-state index in [1.54, 1.807) is 28.4 Å². The Balaban J connectivity index is 1.70. The minimum absolute atomic E-state index is 0.101. The molecule has 0 bridgehead atoms. The van der Waals surface area contributed by atoms with Gasteiger partial charge in [0.25, 0.3) is 0 Å². The molecule has 5 nitrogen and oxygen atoms in total. The number of thiophene rings is 1. The van der Waals surface area contributed by atoms with Crippen LogP contribution in [-0.4, -0.2) is 25.8 Å².